The number of halogens is 1. The zero-order valence-electron chi connectivity index (χ0n) is 13.7. The van der Waals surface area contributed by atoms with E-state index in [9.17, 15) is 9.59 Å². The van der Waals surface area contributed by atoms with Gasteiger partial charge in [-0.05, 0) is 31.2 Å². The van der Waals surface area contributed by atoms with Crippen molar-refractivity contribution in [1.29, 1.82) is 5.26 Å². The molecule has 7 heteroatoms. The number of esters is 1. The Kier molecular flexibility index (Phi) is 11.5. The van der Waals surface area contributed by atoms with E-state index >= 15 is 0 Å². The van der Waals surface area contributed by atoms with E-state index in [-0.39, 0.29) is 11.5 Å². The highest BCUT2D eigenvalue weighted by atomic mass is 79.9. The van der Waals surface area contributed by atoms with Crippen molar-refractivity contribution in [2.24, 2.45) is 0 Å². The normalized spacial score (nSPS) is 12.5. The molecule has 1 aliphatic carbocycles. The van der Waals surface area contributed by atoms with E-state index in [2.05, 4.69) is 44.3 Å². The number of nitriles is 1. The van der Waals surface area contributed by atoms with Gasteiger partial charge in [-0.3, -0.25) is 9.59 Å². The number of thiol groups is 1. The number of hydrogen-bond acceptors (Lipinski definition) is 5. The van der Waals surface area contributed by atoms with Crippen molar-refractivity contribution in [3.8, 4) is 6.07 Å². The Balaban J connectivity index is 0.000000460. The number of pyridine rings is 1. The lowest BCUT2D eigenvalue weighted by Gasteiger charge is -2.26. The van der Waals surface area contributed by atoms with E-state index in [1.807, 2.05) is 13.8 Å². The molecule has 128 valence electrons. The van der Waals surface area contributed by atoms with Crippen LogP contribution in [0.2, 0.25) is 0 Å². The topological polar surface area (TPSA) is 82.9 Å². The van der Waals surface area contributed by atoms with Crippen LogP contribution in [0, 0.1) is 11.3 Å². The molecule has 0 amide bonds. The number of nitrogens with one attached hydrogen (secondary N) is 1. The van der Waals surface area contributed by atoms with Gasteiger partial charge < -0.3 is 9.72 Å². The van der Waals surface area contributed by atoms with Crippen molar-refractivity contribution >= 4 is 34.5 Å². The first-order valence-corrected chi connectivity index (χ1v) is 9.18. The molecule has 0 aromatic carbocycles. The molecule has 1 aliphatic rings. The summed E-state index contributed by atoms with van der Waals surface area (Å²) >= 11 is 7.04. The number of H-pyrrole nitrogens is 1. The van der Waals surface area contributed by atoms with E-state index < -0.39 is 0 Å². The molecule has 1 saturated carbocycles. The minimum absolute atomic E-state index is 0.170. The highest BCUT2D eigenvalue weighted by Crippen LogP contribution is 2.38. The van der Waals surface area contributed by atoms with E-state index in [0.717, 1.165) is 18.4 Å². The molecule has 0 radical (unpaired) electrons. The molecule has 2 rings (SSSR count). The first-order chi connectivity index (χ1) is 11.0. The lowest BCUT2D eigenvalue weighted by atomic mass is 9.79. The minimum atomic E-state index is -0.206. The van der Waals surface area contributed by atoms with Crippen molar-refractivity contribution < 1.29 is 9.53 Å². The van der Waals surface area contributed by atoms with Crippen molar-refractivity contribution in [3.05, 3.63) is 27.5 Å². The summed E-state index contributed by atoms with van der Waals surface area (Å²) in [6.07, 6.45) is 3.33. The maximum absolute atomic E-state index is 11.2. The summed E-state index contributed by atoms with van der Waals surface area (Å²) in [4.78, 5) is 23.9. The van der Waals surface area contributed by atoms with E-state index in [0.29, 0.717) is 28.4 Å². The molecule has 5 nitrogen and oxygen atoms in total. The SMILES string of the molecule is CC.CCOC(=O)CBr.N#Cc1c(C2CCC2)cc(=O)[nH]c1S. The Morgan fingerprint density at radius 3 is 2.48 bits per heavy atom. The van der Waals surface area contributed by atoms with Gasteiger partial charge in [0.25, 0.3) is 0 Å². The molecule has 0 saturated heterocycles. The van der Waals surface area contributed by atoms with Crippen LogP contribution in [-0.2, 0) is 9.53 Å². The average molecular weight is 403 g/mol. The molecule has 23 heavy (non-hydrogen) atoms. The molecule has 1 fully saturated rings. The van der Waals surface area contributed by atoms with Crippen LogP contribution in [0.3, 0.4) is 0 Å². The van der Waals surface area contributed by atoms with Crippen LogP contribution in [-0.4, -0.2) is 22.9 Å². The van der Waals surface area contributed by atoms with Crippen LogP contribution in [0.15, 0.2) is 15.9 Å². The quantitative estimate of drug-likeness (QED) is 0.457. The van der Waals surface area contributed by atoms with Gasteiger partial charge in [0.1, 0.15) is 11.4 Å². The van der Waals surface area contributed by atoms with Gasteiger partial charge in [0.2, 0.25) is 5.56 Å². The van der Waals surface area contributed by atoms with E-state index in [4.69, 9.17) is 5.26 Å². The zero-order chi connectivity index (χ0) is 17.8. The van der Waals surface area contributed by atoms with Gasteiger partial charge in [0.05, 0.1) is 17.2 Å². The number of hydrogen-bond donors (Lipinski definition) is 2. The standard InChI is InChI=1S/C10H10N2OS.C4H7BrO2.C2H6/c11-5-8-7(6-2-1-3-6)4-9(13)12-10(8)14;1-2-7-4(6)3-5;1-2/h4,6H,1-3H2,(H2,12,13,14);2-3H2,1H3;1-2H3. The number of aromatic nitrogens is 1. The van der Waals surface area contributed by atoms with Gasteiger partial charge in [-0.1, -0.05) is 36.2 Å². The number of carbonyl (C=O) groups excluding carboxylic acids is 1. The molecule has 1 heterocycles. The Labute approximate surface area is 151 Å². The second kappa shape index (κ2) is 12.2. The number of carbonyl (C=O) groups is 1. The van der Waals surface area contributed by atoms with Crippen LogP contribution >= 0.6 is 28.6 Å². The molecule has 1 aromatic rings. The van der Waals surface area contributed by atoms with Crippen LogP contribution < -0.4 is 5.56 Å². The fraction of sp³-hybridized carbons (Fsp3) is 0.562. The number of rotatable bonds is 3. The predicted octanol–water partition coefficient (Wildman–Crippen LogP) is 3.77. The van der Waals surface area contributed by atoms with Crippen LogP contribution in [0.5, 0.6) is 0 Å². The lowest BCUT2D eigenvalue weighted by molar-refractivity contribution is -0.139. The number of ether oxygens (including phenoxy) is 1. The largest absolute Gasteiger partial charge is 0.465 e. The van der Waals surface area contributed by atoms with Crippen molar-refractivity contribution in [2.75, 3.05) is 11.9 Å². The third-order valence-electron chi connectivity index (χ3n) is 3.12. The Morgan fingerprint density at radius 1 is 1.52 bits per heavy atom. The van der Waals surface area contributed by atoms with Gasteiger partial charge in [0.15, 0.2) is 0 Å². The summed E-state index contributed by atoms with van der Waals surface area (Å²) in [7, 11) is 0. The van der Waals surface area contributed by atoms with Gasteiger partial charge in [0, 0.05) is 6.07 Å². The van der Waals surface area contributed by atoms with Crippen LogP contribution in [0.4, 0.5) is 0 Å². The van der Waals surface area contributed by atoms with Gasteiger partial charge in [-0.2, -0.15) is 5.26 Å². The van der Waals surface area contributed by atoms with Crippen LogP contribution in [0.1, 0.15) is 57.1 Å². The van der Waals surface area contributed by atoms with E-state index in [1.165, 1.54) is 12.5 Å². The van der Waals surface area contributed by atoms with Crippen LogP contribution in [0.25, 0.3) is 0 Å². The molecule has 0 atom stereocenters. The summed E-state index contributed by atoms with van der Waals surface area (Å²) < 4.78 is 4.51. The molecule has 0 spiro atoms. The molecule has 0 aliphatic heterocycles. The average Bonchev–Trinajstić information content (AvgIpc) is 2.48. The van der Waals surface area contributed by atoms with E-state index in [1.54, 1.807) is 6.92 Å². The summed E-state index contributed by atoms with van der Waals surface area (Å²) in [5, 5.41) is 9.62. The number of aromatic amines is 1. The number of alkyl halides is 1. The fourth-order valence-electron chi connectivity index (χ4n) is 1.92. The molecule has 1 aromatic heterocycles. The molecular weight excluding hydrogens is 380 g/mol. The van der Waals surface area contributed by atoms with Gasteiger partial charge >= 0.3 is 5.97 Å². The first kappa shape index (κ1) is 21.7. The van der Waals surface area contributed by atoms with Crippen molar-refractivity contribution in [1.82, 2.24) is 4.98 Å². The maximum Gasteiger partial charge on any atom is 0.316 e. The highest BCUT2D eigenvalue weighted by molar-refractivity contribution is 9.09. The third kappa shape index (κ3) is 7.23. The first-order valence-electron chi connectivity index (χ1n) is 7.61. The number of nitrogens with zero attached hydrogens (tertiary/aromatic N) is 1. The predicted molar refractivity (Wildman–Crippen MR) is 97.4 cm³/mol. The second-order valence-corrected chi connectivity index (χ2v) is 5.50. The maximum atomic E-state index is 11.2. The minimum Gasteiger partial charge on any atom is -0.465 e. The lowest BCUT2D eigenvalue weighted by Crippen LogP contribution is -2.16. The molecular formula is C16H23BrN2O3S. The zero-order valence-corrected chi connectivity index (χ0v) is 16.2. The summed E-state index contributed by atoms with van der Waals surface area (Å²) in [6.45, 7) is 6.24. The Bertz CT molecular complexity index is 592. The van der Waals surface area contributed by atoms with Crippen molar-refractivity contribution in [2.45, 2.75) is 51.0 Å². The Hall–Kier alpha value is -1.26. The van der Waals surface area contributed by atoms with Gasteiger partial charge in [-0.15, -0.1) is 12.6 Å². The third-order valence-corrected chi connectivity index (χ3v) is 3.92. The molecule has 0 bridgehead atoms. The summed E-state index contributed by atoms with van der Waals surface area (Å²) in [5.41, 5.74) is 1.22. The molecule has 0 unspecified atom stereocenters. The second-order valence-electron chi connectivity index (χ2n) is 4.49. The van der Waals surface area contributed by atoms with Gasteiger partial charge in [-0.25, -0.2) is 0 Å². The van der Waals surface area contributed by atoms with Crippen molar-refractivity contribution in [3.63, 3.8) is 0 Å². The Morgan fingerprint density at radius 2 is 2.13 bits per heavy atom. The summed E-state index contributed by atoms with van der Waals surface area (Å²) in [5.74, 6) is 0.181. The fourth-order valence-corrected chi connectivity index (χ4v) is 2.37. The highest BCUT2D eigenvalue weighted by Gasteiger charge is 2.23. The monoisotopic (exact) mass is 402 g/mol. The summed E-state index contributed by atoms with van der Waals surface area (Å²) in [6, 6.07) is 3.62. The smallest absolute Gasteiger partial charge is 0.316 e. The molecule has 1 N–H and O–H groups in total.